The van der Waals surface area contributed by atoms with Gasteiger partial charge in [-0.05, 0) is 85.0 Å². The summed E-state index contributed by atoms with van der Waals surface area (Å²) >= 11 is 0. The Labute approximate surface area is 175 Å². The first-order valence-electron chi connectivity index (χ1n) is 10.3. The van der Waals surface area contributed by atoms with Crippen molar-refractivity contribution in [3.8, 4) is 22.3 Å². The SMILES string of the molecule is Cc1cc(-c2c[nH]c3ccc(CCCN)cc23)cc2c(-c3cccnc3)ccnc12. The minimum Gasteiger partial charge on any atom is -0.361 e. The van der Waals surface area contributed by atoms with Crippen LogP contribution in [0.4, 0.5) is 0 Å². The Balaban J connectivity index is 1.70. The van der Waals surface area contributed by atoms with Crippen LogP contribution in [0.5, 0.6) is 0 Å². The Morgan fingerprint density at radius 3 is 2.70 bits per heavy atom. The summed E-state index contributed by atoms with van der Waals surface area (Å²) in [6.07, 6.45) is 9.71. The Morgan fingerprint density at radius 2 is 1.87 bits per heavy atom. The maximum absolute atomic E-state index is 5.71. The van der Waals surface area contributed by atoms with Gasteiger partial charge < -0.3 is 10.7 Å². The number of nitrogens with zero attached hydrogens (tertiary/aromatic N) is 2. The number of hydrogen-bond donors (Lipinski definition) is 2. The molecule has 0 saturated heterocycles. The van der Waals surface area contributed by atoms with E-state index in [9.17, 15) is 0 Å². The summed E-state index contributed by atoms with van der Waals surface area (Å²) < 4.78 is 0. The molecule has 0 radical (unpaired) electrons. The zero-order valence-electron chi connectivity index (χ0n) is 17.0. The van der Waals surface area contributed by atoms with E-state index < -0.39 is 0 Å². The molecular formula is C26H24N4. The third kappa shape index (κ3) is 3.25. The number of nitrogens with two attached hydrogens (primary N) is 1. The standard InChI is InChI=1S/C26H24N4/c1-17-12-20(24-16-30-25-7-6-18(4-2-9-27)13-22(24)25)14-23-21(8-11-29-26(17)23)19-5-3-10-28-15-19/h3,5-8,10-16,30H,2,4,9,27H2,1H3. The highest BCUT2D eigenvalue weighted by atomic mass is 14.7. The summed E-state index contributed by atoms with van der Waals surface area (Å²) in [5.41, 5.74) is 15.0. The van der Waals surface area contributed by atoms with Gasteiger partial charge in [0.2, 0.25) is 0 Å². The fraction of sp³-hybridized carbons (Fsp3) is 0.154. The van der Waals surface area contributed by atoms with Crippen LogP contribution < -0.4 is 5.73 Å². The topological polar surface area (TPSA) is 67.6 Å². The van der Waals surface area contributed by atoms with E-state index in [2.05, 4.69) is 70.5 Å². The molecule has 0 aliphatic rings. The number of aromatic amines is 1. The highest BCUT2D eigenvalue weighted by Crippen LogP contribution is 2.36. The Bertz CT molecular complexity index is 1340. The van der Waals surface area contributed by atoms with E-state index in [4.69, 9.17) is 5.73 Å². The lowest BCUT2D eigenvalue weighted by Gasteiger charge is -2.11. The number of aryl methyl sites for hydroxylation is 2. The average molecular weight is 393 g/mol. The predicted molar refractivity (Wildman–Crippen MR) is 124 cm³/mol. The van der Waals surface area contributed by atoms with Crippen molar-refractivity contribution in [2.75, 3.05) is 6.54 Å². The molecule has 2 aromatic carbocycles. The molecule has 0 spiro atoms. The average Bonchev–Trinajstić information content (AvgIpc) is 3.21. The summed E-state index contributed by atoms with van der Waals surface area (Å²) in [5, 5.41) is 2.39. The molecule has 5 rings (SSSR count). The molecule has 3 N–H and O–H groups in total. The molecular weight excluding hydrogens is 368 g/mol. The van der Waals surface area contributed by atoms with E-state index in [1.165, 1.54) is 27.6 Å². The van der Waals surface area contributed by atoms with Crippen molar-refractivity contribution in [1.29, 1.82) is 0 Å². The molecule has 0 aliphatic heterocycles. The molecule has 0 saturated carbocycles. The molecule has 3 aromatic heterocycles. The van der Waals surface area contributed by atoms with Gasteiger partial charge in [-0.25, -0.2) is 0 Å². The van der Waals surface area contributed by atoms with Gasteiger partial charge in [-0.2, -0.15) is 0 Å². The maximum atomic E-state index is 5.71. The van der Waals surface area contributed by atoms with Crippen LogP contribution >= 0.6 is 0 Å². The summed E-state index contributed by atoms with van der Waals surface area (Å²) in [6.45, 7) is 2.85. The van der Waals surface area contributed by atoms with Crippen LogP contribution in [0.25, 0.3) is 44.1 Å². The third-order valence-corrected chi connectivity index (χ3v) is 5.73. The van der Waals surface area contributed by atoms with Gasteiger partial charge in [0.15, 0.2) is 0 Å². The number of H-pyrrole nitrogens is 1. The molecule has 5 aromatic rings. The molecule has 0 amide bonds. The highest BCUT2D eigenvalue weighted by Gasteiger charge is 2.13. The highest BCUT2D eigenvalue weighted by molar-refractivity contribution is 6.02. The van der Waals surface area contributed by atoms with Crippen molar-refractivity contribution in [1.82, 2.24) is 15.0 Å². The fourth-order valence-corrected chi connectivity index (χ4v) is 4.23. The van der Waals surface area contributed by atoms with Gasteiger partial charge >= 0.3 is 0 Å². The molecule has 0 aliphatic carbocycles. The number of nitrogens with one attached hydrogen (secondary N) is 1. The molecule has 0 bridgehead atoms. The van der Waals surface area contributed by atoms with E-state index in [1.54, 1.807) is 6.20 Å². The number of hydrogen-bond acceptors (Lipinski definition) is 3. The van der Waals surface area contributed by atoms with Gasteiger partial charge in [0.1, 0.15) is 0 Å². The van der Waals surface area contributed by atoms with Crippen molar-refractivity contribution in [2.45, 2.75) is 19.8 Å². The van der Waals surface area contributed by atoms with E-state index in [1.807, 2.05) is 18.5 Å². The van der Waals surface area contributed by atoms with Gasteiger partial charge in [0, 0.05) is 52.2 Å². The normalized spacial score (nSPS) is 11.4. The Morgan fingerprint density at radius 1 is 0.933 bits per heavy atom. The maximum Gasteiger partial charge on any atom is 0.0737 e. The monoisotopic (exact) mass is 392 g/mol. The second-order valence-electron chi connectivity index (χ2n) is 7.76. The Hall–Kier alpha value is -3.50. The number of rotatable bonds is 5. The first-order chi connectivity index (χ1) is 14.7. The summed E-state index contributed by atoms with van der Waals surface area (Å²) in [6, 6.07) is 17.3. The van der Waals surface area contributed by atoms with Gasteiger partial charge in [0.05, 0.1) is 5.52 Å². The molecule has 0 fully saturated rings. The van der Waals surface area contributed by atoms with Crippen LogP contribution in [0.1, 0.15) is 17.5 Å². The predicted octanol–water partition coefficient (Wildman–Crippen LogP) is 5.64. The quantitative estimate of drug-likeness (QED) is 0.406. The van der Waals surface area contributed by atoms with Crippen molar-refractivity contribution in [3.05, 3.63) is 84.4 Å². The minimum atomic E-state index is 0.714. The summed E-state index contributed by atoms with van der Waals surface area (Å²) in [5.74, 6) is 0. The number of aromatic nitrogens is 3. The van der Waals surface area contributed by atoms with Crippen LogP contribution in [0.15, 0.2) is 73.3 Å². The van der Waals surface area contributed by atoms with Crippen molar-refractivity contribution in [3.63, 3.8) is 0 Å². The van der Waals surface area contributed by atoms with Crippen molar-refractivity contribution >= 4 is 21.8 Å². The molecule has 148 valence electrons. The van der Waals surface area contributed by atoms with Crippen molar-refractivity contribution in [2.24, 2.45) is 5.73 Å². The second kappa shape index (κ2) is 7.73. The molecule has 4 nitrogen and oxygen atoms in total. The van der Waals surface area contributed by atoms with Crippen LogP contribution in [0.2, 0.25) is 0 Å². The van der Waals surface area contributed by atoms with Crippen LogP contribution in [0.3, 0.4) is 0 Å². The second-order valence-corrected chi connectivity index (χ2v) is 7.76. The van der Waals surface area contributed by atoms with Gasteiger partial charge in [0.25, 0.3) is 0 Å². The fourth-order valence-electron chi connectivity index (χ4n) is 4.23. The number of fused-ring (bicyclic) bond motifs is 2. The van der Waals surface area contributed by atoms with Gasteiger partial charge in [-0.1, -0.05) is 12.1 Å². The van der Waals surface area contributed by atoms with Crippen LogP contribution in [0, 0.1) is 6.92 Å². The van der Waals surface area contributed by atoms with E-state index in [-0.39, 0.29) is 0 Å². The molecule has 30 heavy (non-hydrogen) atoms. The lowest BCUT2D eigenvalue weighted by molar-refractivity contribution is 0.833. The molecule has 3 heterocycles. The van der Waals surface area contributed by atoms with Crippen LogP contribution in [-0.4, -0.2) is 21.5 Å². The van der Waals surface area contributed by atoms with E-state index in [0.717, 1.165) is 40.4 Å². The molecule has 0 atom stereocenters. The zero-order chi connectivity index (χ0) is 20.5. The van der Waals surface area contributed by atoms with Gasteiger partial charge in [-0.15, -0.1) is 0 Å². The largest absolute Gasteiger partial charge is 0.361 e. The summed E-state index contributed by atoms with van der Waals surface area (Å²) in [7, 11) is 0. The third-order valence-electron chi connectivity index (χ3n) is 5.73. The molecule has 0 unspecified atom stereocenters. The lowest BCUT2D eigenvalue weighted by Crippen LogP contribution is -2.00. The first-order valence-corrected chi connectivity index (χ1v) is 10.3. The van der Waals surface area contributed by atoms with E-state index >= 15 is 0 Å². The van der Waals surface area contributed by atoms with Gasteiger partial charge in [-0.3, -0.25) is 9.97 Å². The van der Waals surface area contributed by atoms with Crippen molar-refractivity contribution < 1.29 is 0 Å². The zero-order valence-corrected chi connectivity index (χ0v) is 17.0. The first kappa shape index (κ1) is 18.5. The molecule has 4 heteroatoms. The smallest absolute Gasteiger partial charge is 0.0737 e. The number of benzene rings is 2. The number of pyridine rings is 2. The Kier molecular flexibility index (Phi) is 4.77. The minimum absolute atomic E-state index is 0.714. The van der Waals surface area contributed by atoms with Crippen LogP contribution in [-0.2, 0) is 6.42 Å². The van der Waals surface area contributed by atoms with E-state index in [0.29, 0.717) is 6.54 Å². The lowest BCUT2D eigenvalue weighted by atomic mass is 9.95. The summed E-state index contributed by atoms with van der Waals surface area (Å²) in [4.78, 5) is 12.4.